The summed E-state index contributed by atoms with van der Waals surface area (Å²) in [5.74, 6) is 0.754. The van der Waals surface area contributed by atoms with Crippen molar-refractivity contribution < 1.29 is 10.0 Å². The van der Waals surface area contributed by atoms with E-state index in [0.29, 0.717) is 0 Å². The van der Waals surface area contributed by atoms with Gasteiger partial charge in [-0.25, -0.2) is 0 Å². The number of nitro groups is 1. The van der Waals surface area contributed by atoms with Gasteiger partial charge < -0.3 is 5.11 Å². The Hall–Kier alpha value is -1.07. The van der Waals surface area contributed by atoms with Crippen LogP contribution >= 0.6 is 11.8 Å². The van der Waals surface area contributed by atoms with Crippen LogP contribution in [0.3, 0.4) is 0 Å². The number of aliphatic hydroxyl groups is 1. The largest absolute Gasteiger partial charge is 0.392 e. The summed E-state index contributed by atoms with van der Waals surface area (Å²) in [6.45, 7) is 3.72. The van der Waals surface area contributed by atoms with E-state index in [-0.39, 0.29) is 17.0 Å². The van der Waals surface area contributed by atoms with E-state index in [4.69, 9.17) is 0 Å². The molecule has 88 valence electrons. The normalized spacial score (nSPS) is 14.4. The van der Waals surface area contributed by atoms with Crippen molar-refractivity contribution in [1.29, 1.82) is 0 Å². The Labute approximate surface area is 98.8 Å². The number of thioether (sulfide) groups is 1. The summed E-state index contributed by atoms with van der Waals surface area (Å²) >= 11 is 1.63. The average Bonchev–Trinajstić information content (AvgIpc) is 2.26. The van der Waals surface area contributed by atoms with E-state index in [2.05, 4.69) is 0 Å². The predicted molar refractivity (Wildman–Crippen MR) is 65.5 cm³/mol. The summed E-state index contributed by atoms with van der Waals surface area (Å²) in [5, 5.41) is 19.9. The van der Waals surface area contributed by atoms with Crippen LogP contribution in [0, 0.1) is 10.1 Å². The van der Waals surface area contributed by atoms with E-state index < -0.39 is 4.92 Å². The lowest BCUT2D eigenvalue weighted by molar-refractivity contribution is -0.384. The van der Waals surface area contributed by atoms with Crippen LogP contribution in [0.2, 0.25) is 0 Å². The molecule has 16 heavy (non-hydrogen) atoms. The first-order valence-corrected chi connectivity index (χ1v) is 6.08. The van der Waals surface area contributed by atoms with Crippen LogP contribution in [0.25, 0.3) is 0 Å². The van der Waals surface area contributed by atoms with Crippen molar-refractivity contribution in [3.63, 3.8) is 0 Å². The van der Waals surface area contributed by atoms with Gasteiger partial charge in [0.05, 0.1) is 11.0 Å². The number of rotatable bonds is 5. The predicted octanol–water partition coefficient (Wildman–Crippen LogP) is 2.60. The Kier molecular flexibility index (Phi) is 4.76. The van der Waals surface area contributed by atoms with Crippen LogP contribution < -0.4 is 0 Å². The molecule has 0 heterocycles. The molecule has 0 amide bonds. The van der Waals surface area contributed by atoms with Gasteiger partial charge in [0.25, 0.3) is 5.69 Å². The van der Waals surface area contributed by atoms with Gasteiger partial charge in [-0.15, -0.1) is 0 Å². The Morgan fingerprint density at radius 1 is 1.38 bits per heavy atom. The molecule has 0 saturated carbocycles. The fraction of sp³-hybridized carbons (Fsp3) is 0.455. The molecule has 0 radical (unpaired) electrons. The van der Waals surface area contributed by atoms with Gasteiger partial charge in [0.1, 0.15) is 0 Å². The number of benzene rings is 1. The maximum absolute atomic E-state index is 10.4. The number of aliphatic hydroxyl groups excluding tert-OH is 1. The first kappa shape index (κ1) is 13.0. The zero-order valence-electron chi connectivity index (χ0n) is 9.29. The van der Waals surface area contributed by atoms with E-state index in [0.717, 1.165) is 11.3 Å². The molecule has 0 aliphatic carbocycles. The quantitative estimate of drug-likeness (QED) is 0.635. The van der Waals surface area contributed by atoms with Gasteiger partial charge in [-0.3, -0.25) is 10.1 Å². The molecule has 0 fully saturated rings. The SMILES string of the molecule is CC(O)C(C)SCc1ccc([N+](=O)[O-])cc1. The molecule has 1 N–H and O–H groups in total. The van der Waals surface area contributed by atoms with Gasteiger partial charge in [-0.1, -0.05) is 19.1 Å². The second-order valence-electron chi connectivity index (χ2n) is 3.68. The number of hydrogen-bond donors (Lipinski definition) is 1. The second-order valence-corrected chi connectivity index (χ2v) is 5.05. The van der Waals surface area contributed by atoms with E-state index in [1.165, 1.54) is 12.1 Å². The van der Waals surface area contributed by atoms with Gasteiger partial charge in [0.15, 0.2) is 0 Å². The minimum Gasteiger partial charge on any atom is -0.392 e. The summed E-state index contributed by atoms with van der Waals surface area (Å²) < 4.78 is 0. The summed E-state index contributed by atoms with van der Waals surface area (Å²) in [5.41, 5.74) is 1.14. The minimum absolute atomic E-state index is 0.109. The van der Waals surface area contributed by atoms with Crippen molar-refractivity contribution in [2.75, 3.05) is 0 Å². The van der Waals surface area contributed by atoms with E-state index in [1.54, 1.807) is 30.8 Å². The Bertz CT molecular complexity index is 351. The fourth-order valence-electron chi connectivity index (χ4n) is 1.08. The molecule has 0 saturated heterocycles. The van der Waals surface area contributed by atoms with Crippen LogP contribution in [0.5, 0.6) is 0 Å². The summed E-state index contributed by atoms with van der Waals surface area (Å²) in [7, 11) is 0. The van der Waals surface area contributed by atoms with Gasteiger partial charge in [-0.05, 0) is 12.5 Å². The molecule has 2 atom stereocenters. The molecule has 1 aromatic rings. The third-order valence-corrected chi connectivity index (χ3v) is 3.76. The van der Waals surface area contributed by atoms with Crippen molar-refractivity contribution in [2.24, 2.45) is 0 Å². The molecule has 4 nitrogen and oxygen atoms in total. The standard InChI is InChI=1S/C11H15NO3S/c1-8(13)9(2)16-7-10-3-5-11(6-4-10)12(14)15/h3-6,8-9,13H,7H2,1-2H3. The lowest BCUT2D eigenvalue weighted by atomic mass is 10.2. The van der Waals surface area contributed by atoms with E-state index in [1.807, 2.05) is 6.92 Å². The molecule has 0 aliphatic heterocycles. The zero-order valence-corrected chi connectivity index (χ0v) is 10.1. The highest BCUT2D eigenvalue weighted by molar-refractivity contribution is 7.99. The smallest absolute Gasteiger partial charge is 0.269 e. The van der Waals surface area contributed by atoms with Crippen LogP contribution in [-0.4, -0.2) is 21.4 Å². The third-order valence-electron chi connectivity index (χ3n) is 2.34. The molecule has 0 spiro atoms. The molecule has 5 heteroatoms. The number of non-ortho nitro benzene ring substituents is 1. The first-order valence-electron chi connectivity index (χ1n) is 5.03. The van der Waals surface area contributed by atoms with E-state index >= 15 is 0 Å². The maximum atomic E-state index is 10.4. The summed E-state index contributed by atoms with van der Waals surface area (Å²) in [4.78, 5) is 10.0. The lowest BCUT2D eigenvalue weighted by Gasteiger charge is -2.13. The summed E-state index contributed by atoms with van der Waals surface area (Å²) in [6, 6.07) is 6.51. The van der Waals surface area contributed by atoms with Crippen LogP contribution in [0.15, 0.2) is 24.3 Å². The van der Waals surface area contributed by atoms with Crippen LogP contribution in [-0.2, 0) is 5.75 Å². The molecular formula is C11H15NO3S. The Morgan fingerprint density at radius 3 is 2.38 bits per heavy atom. The topological polar surface area (TPSA) is 63.4 Å². The Morgan fingerprint density at radius 2 is 1.94 bits per heavy atom. The molecule has 0 aliphatic rings. The molecule has 0 bridgehead atoms. The Balaban J connectivity index is 2.53. The second kappa shape index (κ2) is 5.86. The van der Waals surface area contributed by atoms with Crippen molar-refractivity contribution >= 4 is 17.4 Å². The highest BCUT2D eigenvalue weighted by Crippen LogP contribution is 2.21. The van der Waals surface area contributed by atoms with Crippen molar-refractivity contribution in [2.45, 2.75) is 31.0 Å². The van der Waals surface area contributed by atoms with Gasteiger partial charge in [0, 0.05) is 23.1 Å². The molecule has 2 unspecified atom stereocenters. The van der Waals surface area contributed by atoms with Crippen molar-refractivity contribution in [1.82, 2.24) is 0 Å². The number of nitrogens with zero attached hydrogens (tertiary/aromatic N) is 1. The highest BCUT2D eigenvalue weighted by Gasteiger charge is 2.09. The molecule has 1 aromatic carbocycles. The van der Waals surface area contributed by atoms with Crippen LogP contribution in [0.1, 0.15) is 19.4 Å². The third kappa shape index (κ3) is 3.83. The van der Waals surface area contributed by atoms with Gasteiger partial charge >= 0.3 is 0 Å². The average molecular weight is 241 g/mol. The molecule has 1 rings (SSSR count). The van der Waals surface area contributed by atoms with E-state index in [9.17, 15) is 15.2 Å². The van der Waals surface area contributed by atoms with Crippen molar-refractivity contribution in [3.8, 4) is 0 Å². The molecular weight excluding hydrogens is 226 g/mol. The fourth-order valence-corrected chi connectivity index (χ4v) is 2.01. The van der Waals surface area contributed by atoms with Gasteiger partial charge in [-0.2, -0.15) is 11.8 Å². The van der Waals surface area contributed by atoms with Crippen LogP contribution in [0.4, 0.5) is 5.69 Å². The zero-order chi connectivity index (χ0) is 12.1. The minimum atomic E-state index is -0.407. The highest BCUT2D eigenvalue weighted by atomic mass is 32.2. The maximum Gasteiger partial charge on any atom is 0.269 e. The number of nitro benzene ring substituents is 1. The first-order chi connectivity index (χ1) is 7.50. The van der Waals surface area contributed by atoms with Gasteiger partial charge in [0.2, 0.25) is 0 Å². The number of hydrogen-bond acceptors (Lipinski definition) is 4. The molecule has 0 aromatic heterocycles. The lowest BCUT2D eigenvalue weighted by Crippen LogP contribution is -2.15. The summed E-state index contributed by atoms with van der Waals surface area (Å²) in [6.07, 6.45) is -0.344. The monoisotopic (exact) mass is 241 g/mol. The van der Waals surface area contributed by atoms with Crippen molar-refractivity contribution in [3.05, 3.63) is 39.9 Å².